The number of hydrogen-bond donors (Lipinski definition) is 0. The second kappa shape index (κ2) is 5.48. The highest BCUT2D eigenvalue weighted by molar-refractivity contribution is 7.15. The van der Waals surface area contributed by atoms with E-state index in [-0.39, 0.29) is 24.3 Å². The topological polar surface area (TPSA) is 57.9 Å². The van der Waals surface area contributed by atoms with E-state index in [2.05, 4.69) is 4.98 Å². The highest BCUT2D eigenvalue weighted by atomic mass is 32.1. The predicted octanol–water partition coefficient (Wildman–Crippen LogP) is 1.02. The molecule has 0 bridgehead atoms. The molecule has 0 saturated carbocycles. The Morgan fingerprint density at radius 2 is 2.29 bits per heavy atom. The molecule has 1 unspecified atom stereocenters. The smallest absolute Gasteiger partial charge is 0.244 e. The third-order valence-electron chi connectivity index (χ3n) is 3.77. The van der Waals surface area contributed by atoms with Gasteiger partial charge in [-0.2, -0.15) is 0 Å². The van der Waals surface area contributed by atoms with Gasteiger partial charge in [0.2, 0.25) is 11.8 Å². The number of carbonyl (C=O) groups excluding carboxylic acids is 2. The number of aromatic nitrogens is 2. The first-order valence-corrected chi connectivity index (χ1v) is 7.86. The van der Waals surface area contributed by atoms with Crippen molar-refractivity contribution in [1.29, 1.82) is 0 Å². The lowest BCUT2D eigenvalue weighted by Gasteiger charge is -2.26. The molecule has 1 fully saturated rings. The molecule has 0 radical (unpaired) electrons. The molecular weight excluding hydrogens is 288 g/mol. The first kappa shape index (κ1) is 14.1. The van der Waals surface area contributed by atoms with Crippen LogP contribution in [0.4, 0.5) is 0 Å². The van der Waals surface area contributed by atoms with E-state index in [9.17, 15) is 9.59 Å². The summed E-state index contributed by atoms with van der Waals surface area (Å²) in [5.74, 6) is -0.00914. The minimum Gasteiger partial charge on any atom is -0.347 e. The second-order valence-corrected chi connectivity index (χ2v) is 6.35. The summed E-state index contributed by atoms with van der Waals surface area (Å²) in [4.78, 5) is 33.2. The zero-order valence-corrected chi connectivity index (χ0v) is 13.0. The van der Waals surface area contributed by atoms with Gasteiger partial charge in [0, 0.05) is 38.4 Å². The SMILES string of the molecule is CN(C)C(=O)C1CCCN1C(=O)Cc1cn2ccsc2n1. The summed E-state index contributed by atoms with van der Waals surface area (Å²) in [6.45, 7) is 0.658. The zero-order valence-electron chi connectivity index (χ0n) is 12.2. The van der Waals surface area contributed by atoms with Crippen LogP contribution in [-0.2, 0) is 16.0 Å². The van der Waals surface area contributed by atoms with E-state index in [1.807, 2.05) is 22.2 Å². The maximum Gasteiger partial charge on any atom is 0.244 e. The molecule has 21 heavy (non-hydrogen) atoms. The van der Waals surface area contributed by atoms with Gasteiger partial charge in [-0.25, -0.2) is 4.98 Å². The summed E-state index contributed by atoms with van der Waals surface area (Å²) in [5, 5.41) is 1.96. The zero-order chi connectivity index (χ0) is 15.0. The number of fused-ring (bicyclic) bond motifs is 1. The normalized spacial score (nSPS) is 18.4. The third-order valence-corrected chi connectivity index (χ3v) is 4.55. The Morgan fingerprint density at radius 3 is 3.00 bits per heavy atom. The largest absolute Gasteiger partial charge is 0.347 e. The fourth-order valence-corrected chi connectivity index (χ4v) is 3.46. The van der Waals surface area contributed by atoms with E-state index < -0.39 is 0 Å². The number of thiazole rings is 1. The molecule has 2 aromatic heterocycles. The van der Waals surface area contributed by atoms with Gasteiger partial charge in [-0.15, -0.1) is 11.3 Å². The predicted molar refractivity (Wildman–Crippen MR) is 80.2 cm³/mol. The van der Waals surface area contributed by atoms with Gasteiger partial charge < -0.3 is 9.80 Å². The summed E-state index contributed by atoms with van der Waals surface area (Å²) < 4.78 is 1.92. The van der Waals surface area contributed by atoms with Gasteiger partial charge in [-0.3, -0.25) is 14.0 Å². The monoisotopic (exact) mass is 306 g/mol. The second-order valence-electron chi connectivity index (χ2n) is 5.48. The minimum absolute atomic E-state index is 0.00618. The maximum atomic E-state index is 12.5. The number of rotatable bonds is 3. The van der Waals surface area contributed by atoms with Gasteiger partial charge in [0.25, 0.3) is 0 Å². The van der Waals surface area contributed by atoms with Crippen molar-refractivity contribution < 1.29 is 9.59 Å². The molecule has 0 aliphatic carbocycles. The van der Waals surface area contributed by atoms with Crippen LogP contribution >= 0.6 is 11.3 Å². The van der Waals surface area contributed by atoms with Crippen LogP contribution in [0.3, 0.4) is 0 Å². The number of amides is 2. The van der Waals surface area contributed by atoms with Crippen molar-refractivity contribution in [2.24, 2.45) is 0 Å². The number of imidazole rings is 1. The Balaban J connectivity index is 1.72. The summed E-state index contributed by atoms with van der Waals surface area (Å²) >= 11 is 1.54. The summed E-state index contributed by atoms with van der Waals surface area (Å²) in [7, 11) is 3.46. The Hall–Kier alpha value is -1.89. The molecule has 2 aromatic rings. The molecule has 1 saturated heterocycles. The van der Waals surface area contributed by atoms with Gasteiger partial charge in [0.05, 0.1) is 12.1 Å². The van der Waals surface area contributed by atoms with Crippen molar-refractivity contribution in [2.45, 2.75) is 25.3 Å². The highest BCUT2D eigenvalue weighted by Crippen LogP contribution is 2.20. The molecule has 3 rings (SSSR count). The maximum absolute atomic E-state index is 12.5. The number of likely N-dealkylation sites (tertiary alicyclic amines) is 1. The van der Waals surface area contributed by atoms with E-state index in [4.69, 9.17) is 0 Å². The lowest BCUT2D eigenvalue weighted by Crippen LogP contribution is -2.46. The van der Waals surface area contributed by atoms with Crippen LogP contribution in [0.5, 0.6) is 0 Å². The van der Waals surface area contributed by atoms with Crippen molar-refractivity contribution in [3.63, 3.8) is 0 Å². The number of hydrogen-bond acceptors (Lipinski definition) is 4. The standard InChI is InChI=1S/C14H18N4O2S/c1-16(2)13(20)11-4-3-5-18(11)12(19)8-10-9-17-6-7-21-14(17)15-10/h6-7,9,11H,3-5,8H2,1-2H3. The molecule has 1 atom stereocenters. The molecule has 3 heterocycles. The average molecular weight is 306 g/mol. The van der Waals surface area contributed by atoms with Gasteiger partial charge in [0.15, 0.2) is 4.96 Å². The van der Waals surface area contributed by atoms with Crippen molar-refractivity contribution in [3.05, 3.63) is 23.5 Å². The van der Waals surface area contributed by atoms with Crippen molar-refractivity contribution in [1.82, 2.24) is 19.2 Å². The molecule has 7 heteroatoms. The quantitative estimate of drug-likeness (QED) is 0.850. The van der Waals surface area contributed by atoms with E-state index in [0.717, 1.165) is 23.5 Å². The molecule has 0 spiro atoms. The number of likely N-dealkylation sites (N-methyl/N-ethyl adjacent to an activating group) is 1. The molecule has 1 aliphatic heterocycles. The van der Waals surface area contributed by atoms with Crippen LogP contribution in [0.2, 0.25) is 0 Å². The summed E-state index contributed by atoms with van der Waals surface area (Å²) in [6, 6.07) is -0.309. The van der Waals surface area contributed by atoms with Gasteiger partial charge in [-0.05, 0) is 12.8 Å². The highest BCUT2D eigenvalue weighted by Gasteiger charge is 2.34. The summed E-state index contributed by atoms with van der Waals surface area (Å²) in [5.41, 5.74) is 0.759. The molecule has 112 valence electrons. The fraction of sp³-hybridized carbons (Fsp3) is 0.500. The van der Waals surface area contributed by atoms with Crippen molar-refractivity contribution in [2.75, 3.05) is 20.6 Å². The lowest BCUT2D eigenvalue weighted by molar-refractivity contribution is -0.141. The first-order valence-electron chi connectivity index (χ1n) is 6.98. The van der Waals surface area contributed by atoms with E-state index in [1.165, 1.54) is 0 Å². The Kier molecular flexibility index (Phi) is 3.67. The number of carbonyl (C=O) groups is 2. The number of nitrogens with zero attached hydrogens (tertiary/aromatic N) is 4. The Bertz CT molecular complexity index is 647. The minimum atomic E-state index is -0.309. The molecule has 2 amide bonds. The van der Waals surface area contributed by atoms with Gasteiger partial charge in [-0.1, -0.05) is 0 Å². The van der Waals surface area contributed by atoms with Gasteiger partial charge >= 0.3 is 0 Å². The molecule has 0 aromatic carbocycles. The van der Waals surface area contributed by atoms with Crippen LogP contribution in [-0.4, -0.2) is 57.7 Å². The first-order chi connectivity index (χ1) is 10.1. The lowest BCUT2D eigenvalue weighted by atomic mass is 10.2. The third kappa shape index (κ3) is 2.65. The molecule has 1 aliphatic rings. The van der Waals surface area contributed by atoms with Crippen molar-refractivity contribution in [3.8, 4) is 0 Å². The van der Waals surface area contributed by atoms with Crippen LogP contribution in [0.15, 0.2) is 17.8 Å². The molecule has 6 nitrogen and oxygen atoms in total. The van der Waals surface area contributed by atoms with Gasteiger partial charge in [0.1, 0.15) is 6.04 Å². The summed E-state index contributed by atoms with van der Waals surface area (Å²) in [6.07, 6.45) is 5.69. The van der Waals surface area contributed by atoms with E-state index >= 15 is 0 Å². The van der Waals surface area contributed by atoms with Crippen LogP contribution in [0.1, 0.15) is 18.5 Å². The van der Waals surface area contributed by atoms with Crippen LogP contribution in [0, 0.1) is 0 Å². The Labute approximate surface area is 127 Å². The Morgan fingerprint density at radius 1 is 1.48 bits per heavy atom. The van der Waals surface area contributed by atoms with Crippen molar-refractivity contribution >= 4 is 28.1 Å². The van der Waals surface area contributed by atoms with E-state index in [1.54, 1.807) is 35.2 Å². The fourth-order valence-electron chi connectivity index (χ4n) is 2.74. The molecular formula is C14H18N4O2S. The van der Waals surface area contributed by atoms with E-state index in [0.29, 0.717) is 6.54 Å². The molecule has 0 N–H and O–H groups in total. The average Bonchev–Trinajstić information content (AvgIpc) is 3.11. The van der Waals surface area contributed by atoms with Crippen LogP contribution < -0.4 is 0 Å². The van der Waals surface area contributed by atoms with Crippen LogP contribution in [0.25, 0.3) is 4.96 Å².